The van der Waals surface area contributed by atoms with Crippen LogP contribution < -0.4 is 0 Å². The third kappa shape index (κ3) is 4.33. The van der Waals surface area contributed by atoms with Gasteiger partial charge in [-0.3, -0.25) is 9.55 Å². The van der Waals surface area contributed by atoms with Crippen LogP contribution in [0.2, 0.25) is 0 Å². The zero-order valence-corrected chi connectivity index (χ0v) is 16.1. The maximum absolute atomic E-state index is 11.9. The molecule has 2 aromatic heterocycles. The fourth-order valence-corrected chi connectivity index (χ4v) is 3.13. The average molecular weight is 387 g/mol. The Bertz CT molecular complexity index is 1120. The van der Waals surface area contributed by atoms with Gasteiger partial charge < -0.3 is 9.47 Å². The summed E-state index contributed by atoms with van der Waals surface area (Å²) in [5.74, 6) is -0.336. The number of nitrogens with zero attached hydrogens (tertiary/aromatic N) is 3. The highest BCUT2D eigenvalue weighted by Gasteiger charge is 2.11. The van der Waals surface area contributed by atoms with Crippen molar-refractivity contribution in [1.82, 2.24) is 14.5 Å². The molecule has 2 aromatic carbocycles. The molecule has 4 rings (SSSR count). The molecule has 0 saturated carbocycles. The van der Waals surface area contributed by atoms with E-state index in [1.165, 1.54) is 0 Å². The number of ether oxygens (including phenoxy) is 2. The Hall–Kier alpha value is -3.51. The second-order valence-corrected chi connectivity index (χ2v) is 6.56. The van der Waals surface area contributed by atoms with E-state index < -0.39 is 0 Å². The normalized spacial score (nSPS) is 10.9. The highest BCUT2D eigenvalue weighted by molar-refractivity contribution is 5.93. The number of fused-ring (bicyclic) bond motifs is 1. The smallest absolute Gasteiger partial charge is 0.338 e. The Morgan fingerprint density at radius 1 is 1.03 bits per heavy atom. The highest BCUT2D eigenvalue weighted by Crippen LogP contribution is 2.21. The molecular formula is C23H21N3O3. The molecule has 0 fully saturated rings. The summed E-state index contributed by atoms with van der Waals surface area (Å²) in [5, 5.41) is 0. The van der Waals surface area contributed by atoms with E-state index in [9.17, 15) is 4.79 Å². The average Bonchev–Trinajstić information content (AvgIpc) is 3.18. The van der Waals surface area contributed by atoms with Crippen LogP contribution in [0.15, 0.2) is 73.3 Å². The number of carbonyl (C=O) groups is 1. The molecule has 6 nitrogen and oxygen atoms in total. The molecule has 0 N–H and O–H groups in total. The predicted molar refractivity (Wildman–Crippen MR) is 110 cm³/mol. The van der Waals surface area contributed by atoms with Crippen molar-refractivity contribution in [3.05, 3.63) is 90.0 Å². The summed E-state index contributed by atoms with van der Waals surface area (Å²) in [6.07, 6.45) is 5.31. The van der Waals surface area contributed by atoms with Crippen molar-refractivity contribution in [2.75, 3.05) is 6.61 Å². The molecular weight excluding hydrogens is 366 g/mol. The van der Waals surface area contributed by atoms with E-state index in [1.807, 2.05) is 41.0 Å². The van der Waals surface area contributed by atoms with Gasteiger partial charge in [-0.2, -0.15) is 0 Å². The number of hydrogen-bond donors (Lipinski definition) is 0. The molecule has 0 aliphatic carbocycles. The monoisotopic (exact) mass is 387 g/mol. The van der Waals surface area contributed by atoms with Crippen molar-refractivity contribution >= 4 is 17.0 Å². The van der Waals surface area contributed by atoms with Gasteiger partial charge in [0.05, 0.1) is 36.4 Å². The SMILES string of the molecule is CCOC(=O)c1ccc2c(c1)ncn2-c1cccc(COCc2cccnc2)c1. The molecule has 0 radical (unpaired) electrons. The van der Waals surface area contributed by atoms with E-state index in [0.717, 1.165) is 27.8 Å². The number of aromatic nitrogens is 3. The molecule has 146 valence electrons. The van der Waals surface area contributed by atoms with E-state index in [4.69, 9.17) is 9.47 Å². The fourth-order valence-electron chi connectivity index (χ4n) is 3.13. The predicted octanol–water partition coefficient (Wildman–Crippen LogP) is 4.31. The molecule has 4 aromatic rings. The van der Waals surface area contributed by atoms with E-state index in [2.05, 4.69) is 16.0 Å². The van der Waals surface area contributed by atoms with Crippen molar-refractivity contribution in [2.45, 2.75) is 20.1 Å². The third-order valence-electron chi connectivity index (χ3n) is 4.51. The van der Waals surface area contributed by atoms with Gasteiger partial charge >= 0.3 is 5.97 Å². The van der Waals surface area contributed by atoms with Gasteiger partial charge in [0, 0.05) is 18.1 Å². The van der Waals surface area contributed by atoms with Crippen LogP contribution >= 0.6 is 0 Å². The third-order valence-corrected chi connectivity index (χ3v) is 4.51. The van der Waals surface area contributed by atoms with Gasteiger partial charge in [0.1, 0.15) is 6.33 Å². The standard InChI is InChI=1S/C23H21N3O3/c1-2-29-23(27)19-8-9-22-21(12-19)25-16-26(22)20-7-3-5-17(11-20)14-28-15-18-6-4-10-24-13-18/h3-13,16H,2,14-15H2,1H3. The van der Waals surface area contributed by atoms with Gasteiger partial charge in [0.2, 0.25) is 0 Å². The molecule has 0 bridgehead atoms. The molecule has 0 spiro atoms. The van der Waals surface area contributed by atoms with Crippen LogP contribution in [0, 0.1) is 0 Å². The number of pyridine rings is 1. The van der Waals surface area contributed by atoms with Crippen LogP contribution in [0.5, 0.6) is 0 Å². The quantitative estimate of drug-likeness (QED) is 0.442. The summed E-state index contributed by atoms with van der Waals surface area (Å²) in [6, 6.07) is 17.4. The topological polar surface area (TPSA) is 66.2 Å². The Morgan fingerprint density at radius 3 is 2.72 bits per heavy atom. The van der Waals surface area contributed by atoms with Crippen molar-refractivity contribution in [3.63, 3.8) is 0 Å². The van der Waals surface area contributed by atoms with Crippen LogP contribution in [0.3, 0.4) is 0 Å². The number of rotatable bonds is 7. The molecule has 0 unspecified atom stereocenters. The molecule has 29 heavy (non-hydrogen) atoms. The minimum Gasteiger partial charge on any atom is -0.462 e. The molecule has 2 heterocycles. The lowest BCUT2D eigenvalue weighted by atomic mass is 10.2. The summed E-state index contributed by atoms with van der Waals surface area (Å²) in [4.78, 5) is 20.5. The first-order valence-electron chi connectivity index (χ1n) is 9.45. The maximum atomic E-state index is 11.9. The van der Waals surface area contributed by atoms with E-state index >= 15 is 0 Å². The summed E-state index contributed by atoms with van der Waals surface area (Å²) in [7, 11) is 0. The summed E-state index contributed by atoms with van der Waals surface area (Å²) >= 11 is 0. The molecule has 0 aliphatic heterocycles. The van der Waals surface area contributed by atoms with Crippen LogP contribution in [-0.2, 0) is 22.7 Å². The Kier molecular flexibility index (Phi) is 5.63. The van der Waals surface area contributed by atoms with Gasteiger partial charge in [-0.15, -0.1) is 0 Å². The lowest BCUT2D eigenvalue weighted by Crippen LogP contribution is -2.04. The van der Waals surface area contributed by atoms with E-state index in [0.29, 0.717) is 25.4 Å². The zero-order valence-electron chi connectivity index (χ0n) is 16.1. The van der Waals surface area contributed by atoms with Crippen LogP contribution in [0.1, 0.15) is 28.4 Å². The van der Waals surface area contributed by atoms with Gasteiger partial charge in [-0.25, -0.2) is 9.78 Å². The molecule has 6 heteroatoms. The van der Waals surface area contributed by atoms with Crippen LogP contribution in [0.4, 0.5) is 0 Å². The number of benzene rings is 2. The Labute approximate surface area is 168 Å². The van der Waals surface area contributed by atoms with Gasteiger partial charge in [-0.05, 0) is 54.4 Å². The summed E-state index contributed by atoms with van der Waals surface area (Å²) in [5.41, 5.74) is 5.26. The van der Waals surface area contributed by atoms with Crippen molar-refractivity contribution in [2.24, 2.45) is 0 Å². The molecule has 0 atom stereocenters. The molecule has 0 aliphatic rings. The second-order valence-electron chi connectivity index (χ2n) is 6.56. The molecule has 0 amide bonds. The van der Waals surface area contributed by atoms with E-state index in [1.54, 1.807) is 37.8 Å². The second kappa shape index (κ2) is 8.67. The minimum atomic E-state index is -0.336. The number of hydrogen-bond acceptors (Lipinski definition) is 5. The van der Waals surface area contributed by atoms with Gasteiger partial charge in [-0.1, -0.05) is 18.2 Å². The first kappa shape index (κ1) is 18.8. The Morgan fingerprint density at radius 2 is 1.90 bits per heavy atom. The van der Waals surface area contributed by atoms with Crippen molar-refractivity contribution < 1.29 is 14.3 Å². The minimum absolute atomic E-state index is 0.336. The maximum Gasteiger partial charge on any atom is 0.338 e. The van der Waals surface area contributed by atoms with Crippen molar-refractivity contribution in [3.8, 4) is 5.69 Å². The summed E-state index contributed by atoms with van der Waals surface area (Å²) in [6.45, 7) is 3.16. The Balaban J connectivity index is 1.51. The first-order chi connectivity index (χ1) is 14.2. The number of esters is 1. The van der Waals surface area contributed by atoms with Crippen LogP contribution in [-0.4, -0.2) is 27.1 Å². The van der Waals surface area contributed by atoms with Gasteiger partial charge in [0.15, 0.2) is 0 Å². The largest absolute Gasteiger partial charge is 0.462 e. The highest BCUT2D eigenvalue weighted by atomic mass is 16.5. The summed E-state index contributed by atoms with van der Waals surface area (Å²) < 4.78 is 12.9. The van der Waals surface area contributed by atoms with Gasteiger partial charge in [0.25, 0.3) is 0 Å². The van der Waals surface area contributed by atoms with Crippen molar-refractivity contribution in [1.29, 1.82) is 0 Å². The number of imidazole rings is 1. The molecule has 0 saturated heterocycles. The zero-order chi connectivity index (χ0) is 20.1. The number of carbonyl (C=O) groups excluding carboxylic acids is 1. The first-order valence-corrected chi connectivity index (χ1v) is 9.45. The van der Waals surface area contributed by atoms with E-state index in [-0.39, 0.29) is 5.97 Å². The fraction of sp³-hybridized carbons (Fsp3) is 0.174. The van der Waals surface area contributed by atoms with Crippen LogP contribution in [0.25, 0.3) is 16.7 Å². The lowest BCUT2D eigenvalue weighted by Gasteiger charge is -2.09. The lowest BCUT2D eigenvalue weighted by molar-refractivity contribution is 0.0526.